The number of hydrogen-bond donors (Lipinski definition) is 0. The van der Waals surface area contributed by atoms with Crippen LogP contribution in [-0.2, 0) is 0 Å². The minimum Gasteiger partial charge on any atom is -0.496 e. The summed E-state index contributed by atoms with van der Waals surface area (Å²) >= 11 is 0. The number of rotatable bonds is 5. The summed E-state index contributed by atoms with van der Waals surface area (Å²) in [6.45, 7) is 9.12. The molecule has 17 heavy (non-hydrogen) atoms. The van der Waals surface area contributed by atoms with Crippen LogP contribution in [-0.4, -0.2) is 12.9 Å². The molecule has 0 saturated heterocycles. The lowest BCUT2D eigenvalue weighted by molar-refractivity contribution is 0.103. The predicted octanol–water partition coefficient (Wildman–Crippen LogP) is 3.48. The van der Waals surface area contributed by atoms with Gasteiger partial charge >= 0.3 is 0 Å². The van der Waals surface area contributed by atoms with Gasteiger partial charge in [-0.15, -0.1) is 0 Å². The summed E-state index contributed by atoms with van der Waals surface area (Å²) in [4.78, 5) is 12.1. The first-order chi connectivity index (χ1) is 8.13. The number of benzene rings is 1. The first-order valence-corrected chi connectivity index (χ1v) is 5.28. The number of methoxy groups -OCH3 is 1. The molecular formula is C15H16O2. The van der Waals surface area contributed by atoms with Gasteiger partial charge < -0.3 is 4.74 Å². The van der Waals surface area contributed by atoms with Gasteiger partial charge in [-0.25, -0.2) is 0 Å². The van der Waals surface area contributed by atoms with Crippen LogP contribution in [0.2, 0.25) is 0 Å². The number of Topliss-reactive ketones (excluding diaryl/α,β-unsaturated/α-hetero) is 1. The van der Waals surface area contributed by atoms with Gasteiger partial charge in [0.15, 0.2) is 5.78 Å². The van der Waals surface area contributed by atoms with Gasteiger partial charge in [-0.05, 0) is 18.6 Å². The van der Waals surface area contributed by atoms with Gasteiger partial charge in [-0.2, -0.15) is 0 Å². The fraction of sp³-hybridized carbons (Fsp3) is 0.133. The van der Waals surface area contributed by atoms with E-state index in [-0.39, 0.29) is 5.78 Å². The molecule has 0 heterocycles. The zero-order chi connectivity index (χ0) is 12.8. The lowest BCUT2D eigenvalue weighted by Gasteiger charge is -2.07. The topological polar surface area (TPSA) is 26.3 Å². The maximum atomic E-state index is 12.1. The molecule has 0 saturated carbocycles. The van der Waals surface area contributed by atoms with Crippen LogP contribution in [0.5, 0.6) is 5.75 Å². The fourth-order valence-corrected chi connectivity index (χ4v) is 1.49. The van der Waals surface area contributed by atoms with Crippen LogP contribution >= 0.6 is 0 Å². The van der Waals surface area contributed by atoms with Crippen LogP contribution in [0.15, 0.2) is 55.2 Å². The van der Waals surface area contributed by atoms with E-state index in [2.05, 4.69) is 13.2 Å². The zero-order valence-corrected chi connectivity index (χ0v) is 10.2. The van der Waals surface area contributed by atoms with E-state index in [0.29, 0.717) is 16.9 Å². The third-order valence-electron chi connectivity index (χ3n) is 2.45. The van der Waals surface area contributed by atoms with Gasteiger partial charge in [-0.3, -0.25) is 4.79 Å². The Morgan fingerprint density at radius 3 is 2.59 bits per heavy atom. The molecule has 0 atom stereocenters. The van der Waals surface area contributed by atoms with Crippen LogP contribution in [0, 0.1) is 6.92 Å². The number of ketones is 1. The van der Waals surface area contributed by atoms with Crippen LogP contribution in [0.3, 0.4) is 0 Å². The maximum absolute atomic E-state index is 12.1. The first-order valence-electron chi connectivity index (χ1n) is 5.28. The van der Waals surface area contributed by atoms with Gasteiger partial charge in [0.1, 0.15) is 5.75 Å². The first kappa shape index (κ1) is 13.0. The Bertz CT molecular complexity index is 482. The third kappa shape index (κ3) is 2.94. The van der Waals surface area contributed by atoms with E-state index < -0.39 is 0 Å². The van der Waals surface area contributed by atoms with E-state index in [4.69, 9.17) is 4.74 Å². The third-order valence-corrected chi connectivity index (χ3v) is 2.45. The number of ether oxygens (including phenoxy) is 1. The molecule has 88 valence electrons. The summed E-state index contributed by atoms with van der Waals surface area (Å²) in [6.07, 6.45) is 4.73. The average Bonchev–Trinajstić information content (AvgIpc) is 2.35. The second-order valence-electron chi connectivity index (χ2n) is 3.58. The Labute approximate surface area is 102 Å². The van der Waals surface area contributed by atoms with E-state index in [1.165, 1.54) is 6.08 Å². The van der Waals surface area contributed by atoms with Crippen molar-refractivity contribution in [3.63, 3.8) is 0 Å². The minimum atomic E-state index is -0.0850. The normalized spacial score (nSPS) is 10.8. The SMILES string of the molecule is C=C/C=C(\C=C)C(=O)c1ccc(C)c(OC)c1. The molecule has 1 aromatic rings. The Morgan fingerprint density at radius 1 is 1.35 bits per heavy atom. The summed E-state index contributed by atoms with van der Waals surface area (Å²) in [7, 11) is 1.59. The highest BCUT2D eigenvalue weighted by atomic mass is 16.5. The number of carbonyl (C=O) groups is 1. The highest BCUT2D eigenvalue weighted by molar-refractivity contribution is 6.10. The number of aryl methyl sites for hydroxylation is 1. The standard InChI is InChI=1S/C15H16O2/c1-5-7-12(6-2)15(16)13-9-8-11(3)14(10-13)17-4/h5-10H,1-2H2,3-4H3/b12-7+. The van der Waals surface area contributed by atoms with Gasteiger partial charge in [0, 0.05) is 11.1 Å². The molecule has 1 aromatic carbocycles. The summed E-state index contributed by atoms with van der Waals surface area (Å²) in [5, 5.41) is 0. The highest BCUT2D eigenvalue weighted by Crippen LogP contribution is 2.21. The van der Waals surface area contributed by atoms with Crippen LogP contribution in [0.25, 0.3) is 0 Å². The van der Waals surface area contributed by atoms with Crippen molar-refractivity contribution in [2.24, 2.45) is 0 Å². The Balaban J connectivity index is 3.16. The molecule has 0 N–H and O–H groups in total. The largest absolute Gasteiger partial charge is 0.496 e. The van der Waals surface area contributed by atoms with Gasteiger partial charge in [-0.1, -0.05) is 43.5 Å². The van der Waals surface area contributed by atoms with Crippen molar-refractivity contribution < 1.29 is 9.53 Å². The van der Waals surface area contributed by atoms with Crippen LogP contribution in [0.4, 0.5) is 0 Å². The molecule has 0 aromatic heterocycles. The van der Waals surface area contributed by atoms with Gasteiger partial charge in [0.25, 0.3) is 0 Å². The molecule has 2 heteroatoms. The molecule has 0 fully saturated rings. The van der Waals surface area contributed by atoms with Crippen LogP contribution < -0.4 is 4.74 Å². The fourth-order valence-electron chi connectivity index (χ4n) is 1.49. The predicted molar refractivity (Wildman–Crippen MR) is 70.5 cm³/mol. The monoisotopic (exact) mass is 228 g/mol. The van der Waals surface area contributed by atoms with Crippen molar-refractivity contribution in [1.82, 2.24) is 0 Å². The Kier molecular flexibility index (Phi) is 4.46. The molecule has 0 aliphatic rings. The molecular weight excluding hydrogens is 212 g/mol. The minimum absolute atomic E-state index is 0.0850. The summed E-state index contributed by atoms with van der Waals surface area (Å²) in [6, 6.07) is 5.37. The van der Waals surface area contributed by atoms with E-state index in [0.717, 1.165) is 5.56 Å². The number of hydrogen-bond acceptors (Lipinski definition) is 2. The van der Waals surface area contributed by atoms with Crippen molar-refractivity contribution >= 4 is 5.78 Å². The molecule has 0 spiro atoms. The molecule has 0 aliphatic heterocycles. The van der Waals surface area contributed by atoms with Crippen LogP contribution in [0.1, 0.15) is 15.9 Å². The Morgan fingerprint density at radius 2 is 2.06 bits per heavy atom. The highest BCUT2D eigenvalue weighted by Gasteiger charge is 2.10. The van der Waals surface area contributed by atoms with Crippen molar-refractivity contribution in [3.8, 4) is 5.75 Å². The van der Waals surface area contributed by atoms with Gasteiger partial charge in [0.2, 0.25) is 0 Å². The zero-order valence-electron chi connectivity index (χ0n) is 10.2. The molecule has 0 bridgehead atoms. The number of allylic oxidation sites excluding steroid dienone is 4. The molecule has 0 radical (unpaired) electrons. The van der Waals surface area contributed by atoms with Crippen molar-refractivity contribution in [2.75, 3.05) is 7.11 Å². The lowest BCUT2D eigenvalue weighted by atomic mass is 10.0. The molecule has 0 amide bonds. The smallest absolute Gasteiger partial charge is 0.193 e. The molecule has 1 rings (SSSR count). The molecule has 0 unspecified atom stereocenters. The van der Waals surface area contributed by atoms with Gasteiger partial charge in [0.05, 0.1) is 7.11 Å². The Hall–Kier alpha value is -2.09. The number of carbonyl (C=O) groups excluding carboxylic acids is 1. The second kappa shape index (κ2) is 5.85. The summed E-state index contributed by atoms with van der Waals surface area (Å²) in [5.41, 5.74) is 2.10. The maximum Gasteiger partial charge on any atom is 0.193 e. The average molecular weight is 228 g/mol. The van der Waals surface area contributed by atoms with Crippen molar-refractivity contribution in [2.45, 2.75) is 6.92 Å². The summed E-state index contributed by atoms with van der Waals surface area (Å²) in [5.74, 6) is 0.621. The van der Waals surface area contributed by atoms with E-state index in [9.17, 15) is 4.79 Å². The lowest BCUT2D eigenvalue weighted by Crippen LogP contribution is -2.02. The molecule has 0 aliphatic carbocycles. The van der Waals surface area contributed by atoms with Crippen molar-refractivity contribution in [3.05, 3.63) is 66.3 Å². The van der Waals surface area contributed by atoms with E-state index >= 15 is 0 Å². The second-order valence-corrected chi connectivity index (χ2v) is 3.58. The quantitative estimate of drug-likeness (QED) is 0.438. The molecule has 2 nitrogen and oxygen atoms in total. The van der Waals surface area contributed by atoms with E-state index in [1.807, 2.05) is 13.0 Å². The van der Waals surface area contributed by atoms with E-state index in [1.54, 1.807) is 31.4 Å². The van der Waals surface area contributed by atoms with Crippen molar-refractivity contribution in [1.29, 1.82) is 0 Å². The summed E-state index contributed by atoms with van der Waals surface area (Å²) < 4.78 is 5.19.